The molecule has 1 aliphatic rings. The van der Waals surface area contributed by atoms with Gasteiger partial charge in [0, 0.05) is 23.7 Å². The minimum Gasteiger partial charge on any atom is -0.370 e. The maximum Gasteiger partial charge on any atom is 0.237 e. The molecule has 5 aromatic rings. The van der Waals surface area contributed by atoms with Crippen molar-refractivity contribution in [1.82, 2.24) is 19.2 Å². The normalized spacial score (nSPS) is 13.9. The van der Waals surface area contributed by atoms with E-state index in [4.69, 9.17) is 11.6 Å². The Bertz CT molecular complexity index is 1610. The molecule has 194 valence electrons. The number of rotatable bonds is 7. The number of hydrogen-bond acceptors (Lipinski definition) is 5. The summed E-state index contributed by atoms with van der Waals surface area (Å²) in [4.78, 5) is 15.3. The third-order valence-corrected chi connectivity index (χ3v) is 8.14. The van der Waals surface area contributed by atoms with Crippen molar-refractivity contribution >= 4 is 57.5 Å². The number of benzene rings is 3. The SMILES string of the molecule is O=C(CSc1nnc2n(Cc3c(F)cccc3Cl)c3ccccc3n12)Nc1ccccc1N1CCCCC1. The Morgan fingerprint density at radius 1 is 0.947 bits per heavy atom. The first-order chi connectivity index (χ1) is 18.6. The molecular formula is C28H26ClFN6OS. The number of piperidine rings is 1. The number of para-hydroxylation sites is 4. The highest BCUT2D eigenvalue weighted by molar-refractivity contribution is 7.99. The summed E-state index contributed by atoms with van der Waals surface area (Å²) in [6, 6.07) is 20.4. The predicted octanol–water partition coefficient (Wildman–Crippen LogP) is 6.25. The van der Waals surface area contributed by atoms with Crippen molar-refractivity contribution in [3.8, 4) is 0 Å². The van der Waals surface area contributed by atoms with Crippen LogP contribution in [0.25, 0.3) is 16.8 Å². The van der Waals surface area contributed by atoms with Gasteiger partial charge in [-0.05, 0) is 55.7 Å². The van der Waals surface area contributed by atoms with Gasteiger partial charge in [0.2, 0.25) is 11.7 Å². The second-order valence-corrected chi connectivity index (χ2v) is 10.6. The van der Waals surface area contributed by atoms with Gasteiger partial charge in [0.05, 0.1) is 34.7 Å². The highest BCUT2D eigenvalue weighted by atomic mass is 35.5. The highest BCUT2D eigenvalue weighted by Crippen LogP contribution is 2.30. The summed E-state index contributed by atoms with van der Waals surface area (Å²) in [6.45, 7) is 2.21. The van der Waals surface area contributed by atoms with Gasteiger partial charge in [-0.25, -0.2) is 4.39 Å². The van der Waals surface area contributed by atoms with E-state index in [0.29, 0.717) is 21.5 Å². The van der Waals surface area contributed by atoms with Crippen LogP contribution in [-0.4, -0.2) is 43.9 Å². The largest absolute Gasteiger partial charge is 0.370 e. The molecule has 1 amide bonds. The zero-order valence-electron chi connectivity index (χ0n) is 20.6. The average molecular weight is 549 g/mol. The van der Waals surface area contributed by atoms with Crippen molar-refractivity contribution in [3.05, 3.63) is 83.1 Å². The summed E-state index contributed by atoms with van der Waals surface area (Å²) >= 11 is 7.63. The Morgan fingerprint density at radius 2 is 1.71 bits per heavy atom. The minimum atomic E-state index is -0.371. The third kappa shape index (κ3) is 4.72. The minimum absolute atomic E-state index is 0.113. The van der Waals surface area contributed by atoms with Gasteiger partial charge in [-0.3, -0.25) is 9.20 Å². The molecule has 0 bridgehead atoms. The van der Waals surface area contributed by atoms with E-state index in [1.54, 1.807) is 12.1 Å². The van der Waals surface area contributed by atoms with Gasteiger partial charge in [-0.15, -0.1) is 10.2 Å². The standard InChI is InChI=1S/C28H26ClFN6OS/c29-20-9-8-10-21(30)19(20)17-35-24-13-4-5-14-25(24)36-27(35)32-33-28(36)38-18-26(37)31-22-11-2-3-12-23(22)34-15-6-1-7-16-34/h2-5,8-14H,1,6-7,15-18H2,(H,31,37). The molecule has 10 heteroatoms. The first-order valence-electron chi connectivity index (χ1n) is 12.6. The van der Waals surface area contributed by atoms with E-state index < -0.39 is 0 Å². The molecule has 7 nitrogen and oxygen atoms in total. The van der Waals surface area contributed by atoms with E-state index in [-0.39, 0.29) is 24.0 Å². The lowest BCUT2D eigenvalue weighted by atomic mass is 10.1. The van der Waals surface area contributed by atoms with Gasteiger partial charge in [-0.1, -0.05) is 53.7 Å². The molecule has 0 spiro atoms. The number of hydrogen-bond donors (Lipinski definition) is 1. The molecule has 0 saturated carbocycles. The van der Waals surface area contributed by atoms with Crippen LogP contribution in [0, 0.1) is 5.82 Å². The number of fused-ring (bicyclic) bond motifs is 3. The fourth-order valence-electron chi connectivity index (χ4n) is 5.03. The first-order valence-corrected chi connectivity index (χ1v) is 14.0. The van der Waals surface area contributed by atoms with Crippen molar-refractivity contribution in [2.75, 3.05) is 29.1 Å². The quantitative estimate of drug-likeness (QED) is 0.244. The summed E-state index contributed by atoms with van der Waals surface area (Å²) in [6.07, 6.45) is 3.58. The Balaban J connectivity index is 1.25. The smallest absolute Gasteiger partial charge is 0.237 e. The van der Waals surface area contributed by atoms with Crippen LogP contribution in [0.15, 0.2) is 71.9 Å². The molecule has 0 aliphatic carbocycles. The average Bonchev–Trinajstić information content (AvgIpc) is 3.49. The van der Waals surface area contributed by atoms with Gasteiger partial charge < -0.3 is 14.8 Å². The summed E-state index contributed by atoms with van der Waals surface area (Å²) in [5.41, 5.74) is 4.02. The molecular weight excluding hydrogens is 523 g/mol. The van der Waals surface area contributed by atoms with Crippen molar-refractivity contribution in [3.63, 3.8) is 0 Å². The molecule has 1 aliphatic heterocycles. The molecule has 0 radical (unpaired) electrons. The number of carbonyl (C=O) groups is 1. The van der Waals surface area contributed by atoms with Gasteiger partial charge in [-0.2, -0.15) is 0 Å². The first kappa shape index (κ1) is 24.8. The Hall–Kier alpha value is -3.56. The molecule has 6 rings (SSSR count). The molecule has 2 aromatic heterocycles. The van der Waals surface area contributed by atoms with Crippen molar-refractivity contribution in [2.24, 2.45) is 0 Å². The monoisotopic (exact) mass is 548 g/mol. The van der Waals surface area contributed by atoms with Crippen LogP contribution < -0.4 is 10.2 Å². The number of carbonyl (C=O) groups excluding carboxylic acids is 1. The van der Waals surface area contributed by atoms with E-state index in [1.807, 2.05) is 51.4 Å². The number of anilines is 2. The van der Waals surface area contributed by atoms with Crippen LogP contribution in [0.1, 0.15) is 24.8 Å². The van der Waals surface area contributed by atoms with Gasteiger partial charge >= 0.3 is 0 Å². The summed E-state index contributed by atoms with van der Waals surface area (Å²) < 4.78 is 18.4. The molecule has 0 unspecified atom stereocenters. The topological polar surface area (TPSA) is 67.5 Å². The number of nitrogens with one attached hydrogen (secondary N) is 1. The Kier molecular flexibility index (Phi) is 6.95. The number of imidazole rings is 1. The number of amides is 1. The maximum atomic E-state index is 14.6. The van der Waals surface area contributed by atoms with Gasteiger partial charge in [0.25, 0.3) is 0 Å². The van der Waals surface area contributed by atoms with E-state index in [1.165, 1.54) is 24.2 Å². The number of aromatic nitrogens is 4. The lowest BCUT2D eigenvalue weighted by Crippen LogP contribution is -2.30. The highest BCUT2D eigenvalue weighted by Gasteiger charge is 2.20. The second kappa shape index (κ2) is 10.7. The van der Waals surface area contributed by atoms with E-state index in [9.17, 15) is 9.18 Å². The van der Waals surface area contributed by atoms with Crippen LogP contribution in [-0.2, 0) is 11.3 Å². The third-order valence-electron chi connectivity index (χ3n) is 6.86. The van der Waals surface area contributed by atoms with Gasteiger partial charge in [0.15, 0.2) is 5.16 Å². The van der Waals surface area contributed by atoms with Crippen LogP contribution >= 0.6 is 23.4 Å². The van der Waals surface area contributed by atoms with Crippen molar-refractivity contribution in [2.45, 2.75) is 31.0 Å². The van der Waals surface area contributed by atoms with E-state index in [0.717, 1.165) is 48.3 Å². The summed E-state index contributed by atoms with van der Waals surface area (Å²) in [5, 5.41) is 12.8. The van der Waals surface area contributed by atoms with Crippen LogP contribution in [0.3, 0.4) is 0 Å². The number of halogens is 2. The van der Waals surface area contributed by atoms with Crippen LogP contribution in [0.2, 0.25) is 5.02 Å². The molecule has 0 atom stereocenters. The van der Waals surface area contributed by atoms with Crippen molar-refractivity contribution in [1.29, 1.82) is 0 Å². The Morgan fingerprint density at radius 3 is 2.53 bits per heavy atom. The van der Waals surface area contributed by atoms with Gasteiger partial charge in [0.1, 0.15) is 5.82 Å². The zero-order chi connectivity index (χ0) is 26.1. The number of nitrogens with zero attached hydrogens (tertiary/aromatic N) is 5. The summed E-state index contributed by atoms with van der Waals surface area (Å²) in [5.74, 6) is 0.249. The molecule has 1 fully saturated rings. The molecule has 3 aromatic carbocycles. The maximum absolute atomic E-state index is 14.6. The molecule has 1 N–H and O–H groups in total. The van der Waals surface area contributed by atoms with Crippen molar-refractivity contribution < 1.29 is 9.18 Å². The second-order valence-electron chi connectivity index (χ2n) is 9.29. The lowest BCUT2D eigenvalue weighted by molar-refractivity contribution is -0.113. The van der Waals surface area contributed by atoms with E-state index in [2.05, 4.69) is 26.5 Å². The fourth-order valence-corrected chi connectivity index (χ4v) is 6.00. The predicted molar refractivity (Wildman–Crippen MR) is 151 cm³/mol. The lowest BCUT2D eigenvalue weighted by Gasteiger charge is -2.30. The van der Waals surface area contributed by atoms with Crippen LogP contribution in [0.5, 0.6) is 0 Å². The molecule has 3 heterocycles. The van der Waals surface area contributed by atoms with E-state index >= 15 is 0 Å². The summed E-state index contributed by atoms with van der Waals surface area (Å²) in [7, 11) is 0. The molecule has 38 heavy (non-hydrogen) atoms. The van der Waals surface area contributed by atoms with Crippen LogP contribution in [0.4, 0.5) is 15.8 Å². The number of thioether (sulfide) groups is 1. The molecule has 1 saturated heterocycles. The zero-order valence-corrected chi connectivity index (χ0v) is 22.2. The fraction of sp³-hybridized carbons (Fsp3) is 0.250. The Labute approximate surface area is 228 Å².